The van der Waals surface area contributed by atoms with Crippen molar-refractivity contribution in [3.8, 4) is 0 Å². The fraction of sp³-hybridized carbons (Fsp3) is 0.706. The summed E-state index contributed by atoms with van der Waals surface area (Å²) in [4.78, 5) is 4.52. The van der Waals surface area contributed by atoms with Gasteiger partial charge in [0.05, 0.1) is 17.9 Å². The van der Waals surface area contributed by atoms with Crippen molar-refractivity contribution in [3.63, 3.8) is 0 Å². The summed E-state index contributed by atoms with van der Waals surface area (Å²) < 4.78 is 34.8. The fourth-order valence-electron chi connectivity index (χ4n) is 3.45. The summed E-state index contributed by atoms with van der Waals surface area (Å²) in [5.41, 5.74) is -0.263. The van der Waals surface area contributed by atoms with Crippen LogP contribution in [-0.4, -0.2) is 50.8 Å². The van der Waals surface area contributed by atoms with E-state index in [1.165, 1.54) is 4.31 Å². The van der Waals surface area contributed by atoms with Crippen LogP contribution in [0.25, 0.3) is 0 Å². The number of hydrogen-bond donors (Lipinski definition) is 1. The number of sulfonamides is 1. The van der Waals surface area contributed by atoms with Crippen molar-refractivity contribution < 1.29 is 18.0 Å². The molecule has 0 spiro atoms. The molecule has 0 aliphatic carbocycles. The maximum absolute atomic E-state index is 13.3. The summed E-state index contributed by atoms with van der Waals surface area (Å²) in [6.45, 7) is 7.69. The standard InChI is InChI=1S/C17H27N5O4S/c1-6-12-14(13(7-2)21(5)19-12)27(24,25)22-9-8-17(23,10-22)16-18-15(11(3)4)20-26-16/h11,23H,6-10H2,1-5H3. The molecule has 3 rings (SSSR count). The molecule has 9 nitrogen and oxygen atoms in total. The van der Waals surface area contributed by atoms with E-state index in [0.29, 0.717) is 30.1 Å². The molecule has 1 atom stereocenters. The van der Waals surface area contributed by atoms with Crippen LogP contribution < -0.4 is 0 Å². The van der Waals surface area contributed by atoms with Crippen molar-refractivity contribution in [2.24, 2.45) is 7.05 Å². The zero-order valence-electron chi connectivity index (χ0n) is 16.4. The molecule has 150 valence electrons. The maximum atomic E-state index is 13.3. The predicted octanol–water partition coefficient (Wildman–Crippen LogP) is 1.33. The van der Waals surface area contributed by atoms with E-state index >= 15 is 0 Å². The number of nitrogens with zero attached hydrogens (tertiary/aromatic N) is 5. The first kappa shape index (κ1) is 20.0. The second-order valence-electron chi connectivity index (χ2n) is 7.29. The van der Waals surface area contributed by atoms with Gasteiger partial charge in [-0.05, 0) is 12.8 Å². The van der Waals surface area contributed by atoms with Crippen LogP contribution in [0, 0.1) is 0 Å². The molecule has 0 bridgehead atoms. The van der Waals surface area contributed by atoms with Crippen molar-refractivity contribution in [2.75, 3.05) is 13.1 Å². The van der Waals surface area contributed by atoms with Crippen molar-refractivity contribution >= 4 is 10.0 Å². The number of aliphatic hydroxyl groups is 1. The lowest BCUT2D eigenvalue weighted by molar-refractivity contribution is 0.0194. The Balaban J connectivity index is 1.94. The molecule has 0 radical (unpaired) electrons. The molecule has 1 aliphatic heterocycles. The average molecular weight is 398 g/mol. The largest absolute Gasteiger partial charge is 0.379 e. The molecule has 1 N–H and O–H groups in total. The first-order valence-electron chi connectivity index (χ1n) is 9.25. The Morgan fingerprint density at radius 1 is 1.30 bits per heavy atom. The van der Waals surface area contributed by atoms with Gasteiger partial charge in [-0.15, -0.1) is 0 Å². The van der Waals surface area contributed by atoms with E-state index in [1.54, 1.807) is 11.7 Å². The number of rotatable bonds is 6. The van der Waals surface area contributed by atoms with E-state index in [2.05, 4.69) is 15.2 Å². The third-order valence-corrected chi connectivity index (χ3v) is 7.00. The highest BCUT2D eigenvalue weighted by atomic mass is 32.2. The lowest BCUT2D eigenvalue weighted by Crippen LogP contribution is -2.35. The molecule has 0 saturated carbocycles. The van der Waals surface area contributed by atoms with E-state index in [4.69, 9.17) is 4.52 Å². The Hall–Kier alpha value is -1.78. The van der Waals surface area contributed by atoms with Gasteiger partial charge in [-0.3, -0.25) is 4.68 Å². The van der Waals surface area contributed by atoms with E-state index in [-0.39, 0.29) is 36.2 Å². The molecule has 2 aromatic heterocycles. The molecule has 27 heavy (non-hydrogen) atoms. The minimum atomic E-state index is -3.79. The normalized spacial score (nSPS) is 21.4. The molecule has 1 unspecified atom stereocenters. The van der Waals surface area contributed by atoms with Gasteiger partial charge in [0.2, 0.25) is 10.0 Å². The van der Waals surface area contributed by atoms with Gasteiger partial charge < -0.3 is 9.63 Å². The Kier molecular flexibility index (Phi) is 5.17. The van der Waals surface area contributed by atoms with E-state index in [9.17, 15) is 13.5 Å². The maximum Gasteiger partial charge on any atom is 0.260 e. The molecule has 3 heterocycles. The third-order valence-electron chi connectivity index (χ3n) is 5.02. The molecule has 0 aromatic carbocycles. The van der Waals surface area contributed by atoms with Gasteiger partial charge in [0, 0.05) is 25.9 Å². The summed E-state index contributed by atoms with van der Waals surface area (Å²) in [7, 11) is -2.04. The Labute approximate surface area is 159 Å². The lowest BCUT2D eigenvalue weighted by Gasteiger charge is -2.20. The minimum Gasteiger partial charge on any atom is -0.379 e. The van der Waals surface area contributed by atoms with Gasteiger partial charge in [-0.1, -0.05) is 32.9 Å². The summed E-state index contributed by atoms with van der Waals surface area (Å²) in [6, 6.07) is 0. The Morgan fingerprint density at radius 3 is 2.56 bits per heavy atom. The van der Waals surface area contributed by atoms with Crippen LogP contribution in [0.5, 0.6) is 0 Å². The summed E-state index contributed by atoms with van der Waals surface area (Å²) in [5, 5.41) is 19.2. The highest BCUT2D eigenvalue weighted by Gasteiger charge is 2.48. The second-order valence-corrected chi connectivity index (χ2v) is 9.16. The van der Waals surface area contributed by atoms with Crippen molar-refractivity contribution in [1.29, 1.82) is 0 Å². The topological polar surface area (TPSA) is 114 Å². The Morgan fingerprint density at radius 2 is 2.00 bits per heavy atom. The van der Waals surface area contributed by atoms with Gasteiger partial charge in [0.25, 0.3) is 5.89 Å². The zero-order chi connectivity index (χ0) is 20.0. The SMILES string of the molecule is CCc1nn(C)c(CC)c1S(=O)(=O)N1CCC(O)(c2nc(C(C)C)no2)C1. The summed E-state index contributed by atoms with van der Waals surface area (Å²) in [6.07, 6.45) is 1.27. The van der Waals surface area contributed by atoms with E-state index in [1.807, 2.05) is 27.7 Å². The Bertz CT molecular complexity index is 933. The number of aromatic nitrogens is 4. The van der Waals surface area contributed by atoms with Crippen LogP contribution in [0.3, 0.4) is 0 Å². The van der Waals surface area contributed by atoms with Gasteiger partial charge in [-0.25, -0.2) is 8.42 Å². The van der Waals surface area contributed by atoms with E-state index < -0.39 is 15.6 Å². The van der Waals surface area contributed by atoms with Crippen LogP contribution in [0.2, 0.25) is 0 Å². The first-order chi connectivity index (χ1) is 12.6. The quantitative estimate of drug-likeness (QED) is 0.782. The highest BCUT2D eigenvalue weighted by Crippen LogP contribution is 2.36. The van der Waals surface area contributed by atoms with Crippen LogP contribution >= 0.6 is 0 Å². The van der Waals surface area contributed by atoms with Crippen molar-refractivity contribution in [3.05, 3.63) is 23.1 Å². The summed E-state index contributed by atoms with van der Waals surface area (Å²) >= 11 is 0. The van der Waals surface area contributed by atoms with Crippen LogP contribution in [0.1, 0.15) is 63.1 Å². The predicted molar refractivity (Wildman–Crippen MR) is 97.6 cm³/mol. The second kappa shape index (κ2) is 6.99. The zero-order valence-corrected chi connectivity index (χ0v) is 17.2. The van der Waals surface area contributed by atoms with Gasteiger partial charge >= 0.3 is 0 Å². The van der Waals surface area contributed by atoms with Crippen molar-refractivity contribution in [2.45, 2.75) is 63.4 Å². The number of aryl methyl sites for hydroxylation is 2. The molecule has 10 heteroatoms. The van der Waals surface area contributed by atoms with Crippen LogP contribution in [0.4, 0.5) is 0 Å². The lowest BCUT2D eigenvalue weighted by atomic mass is 10.0. The van der Waals surface area contributed by atoms with Crippen LogP contribution in [-0.2, 0) is 35.5 Å². The smallest absolute Gasteiger partial charge is 0.260 e. The average Bonchev–Trinajstić information content (AvgIpc) is 3.31. The molecule has 2 aromatic rings. The summed E-state index contributed by atoms with van der Waals surface area (Å²) in [5.74, 6) is 0.622. The highest BCUT2D eigenvalue weighted by molar-refractivity contribution is 7.89. The monoisotopic (exact) mass is 397 g/mol. The minimum absolute atomic E-state index is 0.0574. The van der Waals surface area contributed by atoms with Gasteiger partial charge in [0.1, 0.15) is 4.90 Å². The van der Waals surface area contributed by atoms with Crippen molar-refractivity contribution in [1.82, 2.24) is 24.2 Å². The fourth-order valence-corrected chi connectivity index (χ4v) is 5.48. The van der Waals surface area contributed by atoms with Crippen LogP contribution in [0.15, 0.2) is 9.42 Å². The molecule has 1 aliphatic rings. The third kappa shape index (κ3) is 3.30. The number of β-amino-alcohol motifs (C(OH)–C–C–N with tert-alkyl or cyclic N) is 1. The van der Waals surface area contributed by atoms with E-state index in [0.717, 1.165) is 0 Å². The van der Waals surface area contributed by atoms with Gasteiger partial charge in [0.15, 0.2) is 11.4 Å². The molecule has 1 saturated heterocycles. The first-order valence-corrected chi connectivity index (χ1v) is 10.7. The van der Waals surface area contributed by atoms with Gasteiger partial charge in [-0.2, -0.15) is 14.4 Å². The molecule has 0 amide bonds. The number of hydrogen-bond acceptors (Lipinski definition) is 7. The molecular formula is C17H27N5O4S. The molecular weight excluding hydrogens is 370 g/mol. The molecule has 1 fully saturated rings.